The first-order chi connectivity index (χ1) is 14.5. The van der Waals surface area contributed by atoms with Crippen molar-refractivity contribution in [2.75, 3.05) is 7.11 Å². The molecule has 0 saturated carbocycles. The van der Waals surface area contributed by atoms with Gasteiger partial charge in [-0.15, -0.1) is 0 Å². The van der Waals surface area contributed by atoms with E-state index in [0.717, 1.165) is 15.6 Å². The second kappa shape index (κ2) is 10.6. The highest BCUT2D eigenvalue weighted by molar-refractivity contribution is 9.10. The van der Waals surface area contributed by atoms with Crippen molar-refractivity contribution in [3.05, 3.63) is 91.3 Å². The lowest BCUT2D eigenvalue weighted by Gasteiger charge is -2.14. The monoisotopic (exact) mass is 550 g/mol. The molecule has 0 heterocycles. The van der Waals surface area contributed by atoms with Gasteiger partial charge >= 0.3 is 0 Å². The molecular formula is C22H17Br2ClN2O3. The number of carbonyl (C=O) groups is 1. The fourth-order valence-electron chi connectivity index (χ4n) is 2.55. The summed E-state index contributed by atoms with van der Waals surface area (Å²) in [4.78, 5) is 12.1. The van der Waals surface area contributed by atoms with E-state index in [2.05, 4.69) is 42.4 Å². The molecule has 0 aliphatic carbocycles. The van der Waals surface area contributed by atoms with Gasteiger partial charge in [0.15, 0.2) is 11.5 Å². The summed E-state index contributed by atoms with van der Waals surface area (Å²) in [6, 6.07) is 18.1. The van der Waals surface area contributed by atoms with Crippen LogP contribution in [0.2, 0.25) is 5.02 Å². The Hall–Kier alpha value is -2.35. The van der Waals surface area contributed by atoms with Crippen molar-refractivity contribution in [1.82, 2.24) is 5.43 Å². The average Bonchev–Trinajstić information content (AvgIpc) is 2.74. The number of carbonyl (C=O) groups excluding carboxylic acids is 1. The summed E-state index contributed by atoms with van der Waals surface area (Å²) < 4.78 is 13.0. The molecule has 0 unspecified atom stereocenters. The number of hydrazone groups is 1. The van der Waals surface area contributed by atoms with E-state index in [-0.39, 0.29) is 5.91 Å². The summed E-state index contributed by atoms with van der Waals surface area (Å²) in [6.45, 7) is 0.297. The van der Waals surface area contributed by atoms with Crippen LogP contribution in [0.15, 0.2) is 74.7 Å². The summed E-state index contributed by atoms with van der Waals surface area (Å²) >= 11 is 13.0. The van der Waals surface area contributed by atoms with Gasteiger partial charge in [-0.05, 0) is 64.0 Å². The Morgan fingerprint density at radius 2 is 1.87 bits per heavy atom. The summed E-state index contributed by atoms with van der Waals surface area (Å²) in [5.74, 6) is 0.773. The molecule has 0 saturated heterocycles. The molecule has 0 bridgehead atoms. The summed E-state index contributed by atoms with van der Waals surface area (Å²) in [6.07, 6.45) is 1.53. The van der Waals surface area contributed by atoms with Crippen LogP contribution in [0.3, 0.4) is 0 Å². The van der Waals surface area contributed by atoms with Crippen LogP contribution in [0.4, 0.5) is 0 Å². The number of nitrogens with zero attached hydrogens (tertiary/aromatic N) is 1. The van der Waals surface area contributed by atoms with Gasteiger partial charge in [0.25, 0.3) is 5.91 Å². The van der Waals surface area contributed by atoms with Gasteiger partial charge in [-0.3, -0.25) is 4.79 Å². The van der Waals surface area contributed by atoms with Crippen LogP contribution in [0.25, 0.3) is 0 Å². The lowest BCUT2D eigenvalue weighted by molar-refractivity contribution is 0.0955. The van der Waals surface area contributed by atoms with E-state index in [0.29, 0.717) is 33.2 Å². The lowest BCUT2D eigenvalue weighted by Crippen LogP contribution is -2.17. The molecule has 0 atom stereocenters. The lowest BCUT2D eigenvalue weighted by atomic mass is 10.2. The fourth-order valence-corrected chi connectivity index (χ4v) is 3.58. The zero-order valence-corrected chi connectivity index (χ0v) is 19.8. The van der Waals surface area contributed by atoms with Gasteiger partial charge in [0.05, 0.1) is 17.8 Å². The third-order valence-electron chi connectivity index (χ3n) is 4.07. The number of nitrogens with one attached hydrogen (secondary N) is 1. The van der Waals surface area contributed by atoms with Crippen LogP contribution >= 0.6 is 43.5 Å². The second-order valence-electron chi connectivity index (χ2n) is 6.12. The van der Waals surface area contributed by atoms with E-state index < -0.39 is 0 Å². The number of hydrogen-bond acceptors (Lipinski definition) is 4. The highest BCUT2D eigenvalue weighted by Gasteiger charge is 2.12. The molecule has 0 radical (unpaired) electrons. The van der Waals surface area contributed by atoms with Crippen LogP contribution < -0.4 is 14.9 Å². The van der Waals surface area contributed by atoms with E-state index in [4.69, 9.17) is 21.1 Å². The molecule has 1 amide bonds. The zero-order chi connectivity index (χ0) is 21.5. The standard InChI is InChI=1S/C22H17Br2ClN2O3/c1-29-20-11-14(12-26-27-22(28)15-6-8-17(23)9-7-15)10-18(24)21(20)30-13-16-4-2-3-5-19(16)25/h2-12H,13H2,1H3,(H,27,28)/b26-12-. The number of benzene rings is 3. The number of amides is 1. The van der Waals surface area contributed by atoms with Crippen LogP contribution in [-0.4, -0.2) is 19.2 Å². The topological polar surface area (TPSA) is 59.9 Å². The largest absolute Gasteiger partial charge is 0.493 e. The summed E-state index contributed by atoms with van der Waals surface area (Å²) in [5.41, 5.74) is 4.61. The first-order valence-electron chi connectivity index (χ1n) is 8.80. The molecule has 30 heavy (non-hydrogen) atoms. The Bertz CT molecular complexity index is 1070. The fraction of sp³-hybridized carbons (Fsp3) is 0.0909. The Balaban J connectivity index is 1.70. The second-order valence-corrected chi connectivity index (χ2v) is 8.30. The molecule has 0 aliphatic rings. The Morgan fingerprint density at radius 1 is 1.13 bits per heavy atom. The van der Waals surface area contributed by atoms with E-state index in [1.165, 1.54) is 6.21 Å². The highest BCUT2D eigenvalue weighted by Crippen LogP contribution is 2.37. The van der Waals surface area contributed by atoms with E-state index >= 15 is 0 Å². The van der Waals surface area contributed by atoms with Gasteiger partial charge in [-0.25, -0.2) is 5.43 Å². The van der Waals surface area contributed by atoms with Crippen molar-refractivity contribution in [2.45, 2.75) is 6.61 Å². The van der Waals surface area contributed by atoms with Crippen molar-refractivity contribution in [2.24, 2.45) is 5.10 Å². The number of rotatable bonds is 7. The molecule has 3 aromatic rings. The van der Waals surface area contributed by atoms with Crippen molar-refractivity contribution >= 4 is 55.6 Å². The van der Waals surface area contributed by atoms with Crippen molar-refractivity contribution in [1.29, 1.82) is 0 Å². The zero-order valence-electron chi connectivity index (χ0n) is 15.9. The van der Waals surface area contributed by atoms with Crippen molar-refractivity contribution in [3.63, 3.8) is 0 Å². The minimum Gasteiger partial charge on any atom is -0.493 e. The maximum Gasteiger partial charge on any atom is 0.271 e. The van der Waals surface area contributed by atoms with Crippen molar-refractivity contribution < 1.29 is 14.3 Å². The van der Waals surface area contributed by atoms with Crippen LogP contribution in [0.5, 0.6) is 11.5 Å². The smallest absolute Gasteiger partial charge is 0.271 e. The van der Waals surface area contributed by atoms with E-state index in [9.17, 15) is 4.79 Å². The molecule has 0 fully saturated rings. The Kier molecular flexibility index (Phi) is 7.90. The molecule has 0 aliphatic heterocycles. The average molecular weight is 553 g/mol. The minimum absolute atomic E-state index is 0.297. The summed E-state index contributed by atoms with van der Waals surface area (Å²) in [7, 11) is 1.56. The van der Waals surface area contributed by atoms with Gasteiger partial charge in [-0.2, -0.15) is 5.10 Å². The molecule has 5 nitrogen and oxygen atoms in total. The molecular weight excluding hydrogens is 536 g/mol. The molecule has 3 aromatic carbocycles. The summed E-state index contributed by atoms with van der Waals surface area (Å²) in [5, 5.41) is 4.66. The number of methoxy groups -OCH3 is 1. The molecule has 1 N–H and O–H groups in total. The van der Waals surface area contributed by atoms with E-state index in [1.54, 1.807) is 37.4 Å². The minimum atomic E-state index is -0.301. The Morgan fingerprint density at radius 3 is 2.57 bits per heavy atom. The van der Waals surface area contributed by atoms with Crippen LogP contribution in [-0.2, 0) is 6.61 Å². The third kappa shape index (κ3) is 5.84. The van der Waals surface area contributed by atoms with E-state index in [1.807, 2.05) is 30.3 Å². The van der Waals surface area contributed by atoms with Gasteiger partial charge in [0, 0.05) is 20.6 Å². The molecule has 8 heteroatoms. The Labute approximate surface area is 196 Å². The van der Waals surface area contributed by atoms with Crippen LogP contribution in [0.1, 0.15) is 21.5 Å². The SMILES string of the molecule is COc1cc(/C=N\NC(=O)c2ccc(Br)cc2)cc(Br)c1OCc1ccccc1Cl. The first kappa shape index (κ1) is 22.3. The van der Waals surface area contributed by atoms with Gasteiger partial charge in [0.1, 0.15) is 6.61 Å². The molecule has 154 valence electrons. The number of hydrogen-bond donors (Lipinski definition) is 1. The van der Waals surface area contributed by atoms with Gasteiger partial charge < -0.3 is 9.47 Å². The van der Waals surface area contributed by atoms with Crippen LogP contribution in [0, 0.1) is 0 Å². The molecule has 0 spiro atoms. The normalized spacial score (nSPS) is 10.8. The quantitative estimate of drug-likeness (QED) is 0.280. The maximum atomic E-state index is 12.1. The predicted octanol–water partition coefficient (Wildman–Crippen LogP) is 6.22. The predicted molar refractivity (Wildman–Crippen MR) is 126 cm³/mol. The first-order valence-corrected chi connectivity index (χ1v) is 10.8. The molecule has 3 rings (SSSR count). The van der Waals surface area contributed by atoms with Gasteiger partial charge in [-0.1, -0.05) is 45.7 Å². The maximum absolute atomic E-state index is 12.1. The number of ether oxygens (including phenoxy) is 2. The molecule has 0 aromatic heterocycles. The highest BCUT2D eigenvalue weighted by atomic mass is 79.9. The number of halogens is 3. The van der Waals surface area contributed by atoms with Gasteiger partial charge in [0.2, 0.25) is 0 Å². The van der Waals surface area contributed by atoms with Crippen molar-refractivity contribution in [3.8, 4) is 11.5 Å². The third-order valence-corrected chi connectivity index (χ3v) is 5.55.